The van der Waals surface area contributed by atoms with Crippen molar-refractivity contribution in [3.8, 4) is 0 Å². The van der Waals surface area contributed by atoms with E-state index in [4.69, 9.17) is 18.0 Å². The van der Waals surface area contributed by atoms with Crippen LogP contribution in [0.3, 0.4) is 0 Å². The SMILES string of the molecule is Cc1ccc(Br)c(C(=O)NC(C(N)=S)c2ccccc2)c1. The molecule has 5 heteroatoms. The number of nitrogens with one attached hydrogen (secondary N) is 1. The maximum atomic E-state index is 12.4. The quantitative estimate of drug-likeness (QED) is 0.818. The van der Waals surface area contributed by atoms with Crippen molar-refractivity contribution in [1.82, 2.24) is 5.32 Å². The molecule has 0 fully saturated rings. The van der Waals surface area contributed by atoms with E-state index in [1.165, 1.54) is 0 Å². The highest BCUT2D eigenvalue weighted by Gasteiger charge is 2.19. The largest absolute Gasteiger partial charge is 0.391 e. The lowest BCUT2D eigenvalue weighted by atomic mass is 10.1. The van der Waals surface area contributed by atoms with Crippen molar-refractivity contribution in [2.24, 2.45) is 5.73 Å². The van der Waals surface area contributed by atoms with Crippen molar-refractivity contribution >= 4 is 39.0 Å². The molecule has 21 heavy (non-hydrogen) atoms. The molecular formula is C16H15BrN2OS. The maximum absolute atomic E-state index is 12.4. The van der Waals surface area contributed by atoms with E-state index in [1.54, 1.807) is 0 Å². The Kier molecular flexibility index (Phi) is 5.09. The van der Waals surface area contributed by atoms with Gasteiger partial charge in [-0.15, -0.1) is 0 Å². The summed E-state index contributed by atoms with van der Waals surface area (Å²) in [5.41, 5.74) is 8.20. The third kappa shape index (κ3) is 3.89. The molecule has 0 aliphatic carbocycles. The van der Waals surface area contributed by atoms with Crippen molar-refractivity contribution in [1.29, 1.82) is 0 Å². The zero-order valence-corrected chi connectivity index (χ0v) is 13.9. The van der Waals surface area contributed by atoms with Crippen LogP contribution >= 0.6 is 28.1 Å². The van der Waals surface area contributed by atoms with Gasteiger partial charge in [0.2, 0.25) is 0 Å². The second kappa shape index (κ2) is 6.83. The first-order chi connectivity index (χ1) is 9.99. The minimum absolute atomic E-state index is 0.216. The molecule has 0 saturated heterocycles. The molecule has 108 valence electrons. The molecule has 3 nitrogen and oxygen atoms in total. The number of aryl methyl sites for hydroxylation is 1. The molecule has 2 rings (SSSR count). The topological polar surface area (TPSA) is 55.1 Å². The van der Waals surface area contributed by atoms with Gasteiger partial charge >= 0.3 is 0 Å². The molecule has 0 aliphatic heterocycles. The number of rotatable bonds is 4. The number of hydrogen-bond donors (Lipinski definition) is 2. The summed E-state index contributed by atoms with van der Waals surface area (Å²) in [4.78, 5) is 12.7. The fraction of sp³-hybridized carbons (Fsp3) is 0.125. The Morgan fingerprint density at radius 2 is 1.90 bits per heavy atom. The van der Waals surface area contributed by atoms with Crippen molar-refractivity contribution in [3.05, 3.63) is 69.7 Å². The summed E-state index contributed by atoms with van der Waals surface area (Å²) in [7, 11) is 0. The van der Waals surface area contributed by atoms with Gasteiger partial charge in [-0.3, -0.25) is 4.79 Å². The number of benzene rings is 2. The predicted octanol–water partition coefficient (Wildman–Crippen LogP) is 3.51. The molecule has 1 amide bonds. The Balaban J connectivity index is 2.27. The summed E-state index contributed by atoms with van der Waals surface area (Å²) in [5.74, 6) is -0.216. The predicted molar refractivity (Wildman–Crippen MR) is 92.3 cm³/mol. The monoisotopic (exact) mass is 362 g/mol. The minimum Gasteiger partial charge on any atom is -0.391 e. The minimum atomic E-state index is -0.485. The van der Waals surface area contributed by atoms with Crippen molar-refractivity contribution in [3.63, 3.8) is 0 Å². The first-order valence-corrected chi connectivity index (χ1v) is 7.60. The standard InChI is InChI=1S/C16H15BrN2OS/c1-10-7-8-13(17)12(9-10)16(20)19-14(15(18)21)11-5-3-2-4-6-11/h2-9,14H,1H3,(H2,18,21)(H,19,20). The Labute approximate surface area is 137 Å². The fourth-order valence-corrected chi connectivity index (χ4v) is 2.61. The van der Waals surface area contributed by atoms with Gasteiger partial charge in [0.05, 0.1) is 5.56 Å². The molecule has 0 bridgehead atoms. The molecule has 2 aromatic carbocycles. The van der Waals surface area contributed by atoms with Crippen LogP contribution in [0.2, 0.25) is 0 Å². The first-order valence-electron chi connectivity index (χ1n) is 6.40. The van der Waals surface area contributed by atoms with Gasteiger partial charge in [-0.2, -0.15) is 0 Å². The summed E-state index contributed by atoms with van der Waals surface area (Å²) in [6, 6.07) is 14.6. The summed E-state index contributed by atoms with van der Waals surface area (Å²) in [6.45, 7) is 1.94. The lowest BCUT2D eigenvalue weighted by Crippen LogP contribution is -2.36. The van der Waals surface area contributed by atoms with E-state index < -0.39 is 6.04 Å². The number of halogens is 1. The molecule has 0 saturated carbocycles. The highest BCUT2D eigenvalue weighted by Crippen LogP contribution is 2.20. The third-order valence-corrected chi connectivity index (χ3v) is 3.99. The number of carbonyl (C=O) groups is 1. The highest BCUT2D eigenvalue weighted by atomic mass is 79.9. The van der Waals surface area contributed by atoms with Gasteiger partial charge in [-0.05, 0) is 40.5 Å². The van der Waals surface area contributed by atoms with E-state index in [0.717, 1.165) is 15.6 Å². The van der Waals surface area contributed by atoms with Crippen molar-refractivity contribution in [2.75, 3.05) is 0 Å². The van der Waals surface area contributed by atoms with E-state index in [-0.39, 0.29) is 10.9 Å². The maximum Gasteiger partial charge on any atom is 0.253 e. The summed E-state index contributed by atoms with van der Waals surface area (Å²) in [6.07, 6.45) is 0. The number of carbonyl (C=O) groups excluding carboxylic acids is 1. The van der Waals surface area contributed by atoms with Gasteiger partial charge in [0, 0.05) is 4.47 Å². The average molecular weight is 363 g/mol. The second-order valence-electron chi connectivity index (χ2n) is 4.70. The number of hydrogen-bond acceptors (Lipinski definition) is 2. The van der Waals surface area contributed by atoms with Gasteiger partial charge in [-0.25, -0.2) is 0 Å². The van der Waals surface area contributed by atoms with Gasteiger partial charge in [0.25, 0.3) is 5.91 Å². The third-order valence-electron chi connectivity index (χ3n) is 3.06. The summed E-state index contributed by atoms with van der Waals surface area (Å²) < 4.78 is 0.736. The molecule has 0 aliphatic rings. The number of thiocarbonyl (C=S) groups is 1. The normalized spacial score (nSPS) is 11.7. The summed E-state index contributed by atoms with van der Waals surface area (Å²) >= 11 is 8.47. The van der Waals surface area contributed by atoms with Gasteiger partial charge in [0.15, 0.2) is 0 Å². The zero-order chi connectivity index (χ0) is 15.4. The Bertz CT molecular complexity index is 673. The van der Waals surface area contributed by atoms with Crippen LogP contribution in [0.4, 0.5) is 0 Å². The molecule has 0 aromatic heterocycles. The van der Waals surface area contributed by atoms with E-state index in [9.17, 15) is 4.79 Å². The van der Waals surface area contributed by atoms with Crippen LogP contribution in [0.1, 0.15) is 27.5 Å². The lowest BCUT2D eigenvalue weighted by Gasteiger charge is -2.18. The van der Waals surface area contributed by atoms with E-state index in [2.05, 4.69) is 21.2 Å². The van der Waals surface area contributed by atoms with Crippen LogP contribution < -0.4 is 11.1 Å². The molecule has 3 N–H and O–H groups in total. The molecule has 1 atom stereocenters. The van der Waals surface area contributed by atoms with Gasteiger partial charge in [0.1, 0.15) is 11.0 Å². The molecular weight excluding hydrogens is 348 g/mol. The van der Waals surface area contributed by atoms with E-state index >= 15 is 0 Å². The fourth-order valence-electron chi connectivity index (χ4n) is 1.99. The van der Waals surface area contributed by atoms with Crippen LogP contribution in [0.5, 0.6) is 0 Å². The molecule has 0 radical (unpaired) electrons. The van der Waals surface area contributed by atoms with Gasteiger partial charge < -0.3 is 11.1 Å². The van der Waals surface area contributed by atoms with Crippen molar-refractivity contribution in [2.45, 2.75) is 13.0 Å². The van der Waals surface area contributed by atoms with Crippen LogP contribution in [0.15, 0.2) is 53.0 Å². The van der Waals surface area contributed by atoms with Crippen LogP contribution in [0, 0.1) is 6.92 Å². The summed E-state index contributed by atoms with van der Waals surface area (Å²) in [5, 5.41) is 2.88. The number of amides is 1. The molecule has 0 heterocycles. The van der Waals surface area contributed by atoms with Crippen LogP contribution in [-0.4, -0.2) is 10.9 Å². The van der Waals surface area contributed by atoms with Crippen molar-refractivity contribution < 1.29 is 4.79 Å². The molecule has 0 spiro atoms. The molecule has 1 unspecified atom stereocenters. The van der Waals surface area contributed by atoms with Crippen LogP contribution in [0.25, 0.3) is 0 Å². The smallest absolute Gasteiger partial charge is 0.253 e. The number of nitrogens with two attached hydrogens (primary N) is 1. The lowest BCUT2D eigenvalue weighted by molar-refractivity contribution is 0.0946. The van der Waals surface area contributed by atoms with Gasteiger partial charge in [-0.1, -0.05) is 54.2 Å². The second-order valence-corrected chi connectivity index (χ2v) is 6.03. The van der Waals surface area contributed by atoms with E-state index in [1.807, 2.05) is 55.5 Å². The Hall–Kier alpha value is -1.72. The molecule has 2 aromatic rings. The van der Waals surface area contributed by atoms with Crippen LogP contribution in [-0.2, 0) is 0 Å². The first kappa shape index (κ1) is 15.7. The zero-order valence-electron chi connectivity index (χ0n) is 11.5. The Morgan fingerprint density at radius 1 is 1.24 bits per heavy atom. The highest BCUT2D eigenvalue weighted by molar-refractivity contribution is 9.10. The van der Waals surface area contributed by atoms with E-state index in [0.29, 0.717) is 5.56 Å². The Morgan fingerprint density at radius 3 is 2.52 bits per heavy atom. The average Bonchev–Trinajstić information content (AvgIpc) is 2.47.